The van der Waals surface area contributed by atoms with E-state index in [1.54, 1.807) is 7.11 Å². The molecule has 0 aromatic heterocycles. The number of para-hydroxylation sites is 1. The van der Waals surface area contributed by atoms with Crippen LogP contribution < -0.4 is 14.8 Å². The van der Waals surface area contributed by atoms with Crippen LogP contribution in [-0.4, -0.2) is 19.1 Å². The van der Waals surface area contributed by atoms with Crippen LogP contribution in [0.25, 0.3) is 0 Å². The van der Waals surface area contributed by atoms with E-state index in [4.69, 9.17) is 9.47 Å². The molecule has 0 aliphatic rings. The number of carbonyl (C=O) groups is 1. The molecule has 4 nitrogen and oxygen atoms in total. The SMILES string of the molecule is CC[C@H](Oc1ccc(F)cc1)C(=O)N[C@H](C)c1ccccc1OC. The Bertz CT molecular complexity index is 673. The normalized spacial score (nSPS) is 13.0. The van der Waals surface area contributed by atoms with Crippen molar-refractivity contribution in [2.75, 3.05) is 7.11 Å². The van der Waals surface area contributed by atoms with Crippen LogP contribution in [-0.2, 0) is 4.79 Å². The summed E-state index contributed by atoms with van der Waals surface area (Å²) in [4.78, 5) is 12.5. The van der Waals surface area contributed by atoms with Gasteiger partial charge in [0.15, 0.2) is 6.10 Å². The number of hydrogen-bond donors (Lipinski definition) is 1. The van der Waals surface area contributed by atoms with Crippen molar-refractivity contribution in [2.45, 2.75) is 32.4 Å². The smallest absolute Gasteiger partial charge is 0.261 e. The molecule has 0 aliphatic heterocycles. The Hall–Kier alpha value is -2.56. The second-order valence-corrected chi connectivity index (χ2v) is 5.44. The third kappa shape index (κ3) is 4.47. The van der Waals surface area contributed by atoms with Gasteiger partial charge in [-0.15, -0.1) is 0 Å². The highest BCUT2D eigenvalue weighted by Gasteiger charge is 2.22. The van der Waals surface area contributed by atoms with Crippen LogP contribution in [0.3, 0.4) is 0 Å². The highest BCUT2D eigenvalue weighted by Crippen LogP contribution is 2.24. The van der Waals surface area contributed by atoms with Crippen LogP contribution >= 0.6 is 0 Å². The lowest BCUT2D eigenvalue weighted by molar-refractivity contribution is -0.128. The number of halogens is 1. The number of ether oxygens (including phenoxy) is 2. The van der Waals surface area contributed by atoms with E-state index in [1.807, 2.05) is 38.1 Å². The largest absolute Gasteiger partial charge is 0.496 e. The number of hydrogen-bond acceptors (Lipinski definition) is 3. The number of carbonyl (C=O) groups excluding carboxylic acids is 1. The Morgan fingerprint density at radius 1 is 1.17 bits per heavy atom. The topological polar surface area (TPSA) is 47.6 Å². The summed E-state index contributed by atoms with van der Waals surface area (Å²) in [5.41, 5.74) is 0.894. The summed E-state index contributed by atoms with van der Waals surface area (Å²) < 4.78 is 23.9. The zero-order valence-electron chi connectivity index (χ0n) is 14.1. The minimum Gasteiger partial charge on any atom is -0.496 e. The molecule has 24 heavy (non-hydrogen) atoms. The van der Waals surface area contributed by atoms with Crippen molar-refractivity contribution in [3.05, 3.63) is 59.9 Å². The summed E-state index contributed by atoms with van der Waals surface area (Å²) in [5, 5.41) is 2.94. The number of methoxy groups -OCH3 is 1. The maximum absolute atomic E-state index is 12.9. The predicted octanol–water partition coefficient (Wildman–Crippen LogP) is 3.87. The lowest BCUT2D eigenvalue weighted by Gasteiger charge is -2.22. The van der Waals surface area contributed by atoms with Crippen molar-refractivity contribution in [3.63, 3.8) is 0 Å². The summed E-state index contributed by atoms with van der Waals surface area (Å²) in [6, 6.07) is 12.9. The van der Waals surface area contributed by atoms with Crippen molar-refractivity contribution in [1.82, 2.24) is 5.32 Å². The molecule has 0 unspecified atom stereocenters. The van der Waals surface area contributed by atoms with Crippen LogP contribution in [0.5, 0.6) is 11.5 Å². The van der Waals surface area contributed by atoms with Gasteiger partial charge < -0.3 is 14.8 Å². The maximum Gasteiger partial charge on any atom is 0.261 e. The van der Waals surface area contributed by atoms with Gasteiger partial charge in [-0.25, -0.2) is 4.39 Å². The van der Waals surface area contributed by atoms with Gasteiger partial charge in [-0.3, -0.25) is 4.79 Å². The molecule has 0 spiro atoms. The predicted molar refractivity (Wildman–Crippen MR) is 90.7 cm³/mol. The van der Waals surface area contributed by atoms with E-state index in [0.717, 1.165) is 11.3 Å². The Morgan fingerprint density at radius 3 is 2.46 bits per heavy atom. The minimum atomic E-state index is -0.646. The average Bonchev–Trinajstić information content (AvgIpc) is 2.60. The van der Waals surface area contributed by atoms with E-state index in [-0.39, 0.29) is 17.8 Å². The number of nitrogens with one attached hydrogen (secondary N) is 1. The van der Waals surface area contributed by atoms with Crippen molar-refractivity contribution in [2.24, 2.45) is 0 Å². The Balaban J connectivity index is 2.04. The van der Waals surface area contributed by atoms with E-state index in [2.05, 4.69) is 5.32 Å². The molecule has 2 rings (SSSR count). The van der Waals surface area contributed by atoms with E-state index in [1.165, 1.54) is 24.3 Å². The molecule has 128 valence electrons. The molecule has 0 aliphatic carbocycles. The first kappa shape index (κ1) is 17.8. The summed E-state index contributed by atoms with van der Waals surface area (Å²) >= 11 is 0. The fraction of sp³-hybridized carbons (Fsp3) is 0.316. The van der Waals surface area contributed by atoms with Gasteiger partial charge >= 0.3 is 0 Å². The molecule has 0 radical (unpaired) electrons. The second kappa shape index (κ2) is 8.34. The van der Waals surface area contributed by atoms with Crippen LogP contribution in [0, 0.1) is 5.82 Å². The molecule has 0 saturated carbocycles. The number of amides is 1. The first-order valence-corrected chi connectivity index (χ1v) is 7.90. The summed E-state index contributed by atoms with van der Waals surface area (Å²) in [7, 11) is 1.60. The first-order valence-electron chi connectivity index (χ1n) is 7.90. The summed E-state index contributed by atoms with van der Waals surface area (Å²) in [6.45, 7) is 3.75. The molecule has 0 bridgehead atoms. The molecular weight excluding hydrogens is 309 g/mol. The number of rotatable bonds is 7. The number of benzene rings is 2. The molecule has 0 fully saturated rings. The van der Waals surface area contributed by atoms with E-state index in [0.29, 0.717) is 12.2 Å². The van der Waals surface area contributed by atoms with Crippen molar-refractivity contribution in [3.8, 4) is 11.5 Å². The lowest BCUT2D eigenvalue weighted by atomic mass is 10.1. The summed E-state index contributed by atoms with van der Waals surface area (Å²) in [5.74, 6) is 0.617. The Labute approximate surface area is 141 Å². The van der Waals surface area contributed by atoms with Gasteiger partial charge in [0.2, 0.25) is 0 Å². The molecule has 5 heteroatoms. The summed E-state index contributed by atoms with van der Waals surface area (Å²) in [6.07, 6.45) is -0.144. The van der Waals surface area contributed by atoms with Gasteiger partial charge in [0.1, 0.15) is 17.3 Å². The van der Waals surface area contributed by atoms with Gasteiger partial charge in [-0.2, -0.15) is 0 Å². The first-order chi connectivity index (χ1) is 11.5. The van der Waals surface area contributed by atoms with Gasteiger partial charge in [-0.1, -0.05) is 25.1 Å². The van der Waals surface area contributed by atoms with E-state index in [9.17, 15) is 9.18 Å². The zero-order valence-corrected chi connectivity index (χ0v) is 14.1. The molecule has 2 aromatic rings. The van der Waals surface area contributed by atoms with Gasteiger partial charge in [0, 0.05) is 5.56 Å². The molecule has 0 saturated heterocycles. The van der Waals surface area contributed by atoms with E-state index < -0.39 is 6.10 Å². The zero-order chi connectivity index (χ0) is 17.5. The van der Waals surface area contributed by atoms with Crippen LogP contribution in [0.2, 0.25) is 0 Å². The lowest BCUT2D eigenvalue weighted by Crippen LogP contribution is -2.39. The average molecular weight is 331 g/mol. The monoisotopic (exact) mass is 331 g/mol. The third-order valence-corrected chi connectivity index (χ3v) is 3.72. The Kier molecular flexibility index (Phi) is 6.18. The maximum atomic E-state index is 12.9. The van der Waals surface area contributed by atoms with Gasteiger partial charge in [0.25, 0.3) is 5.91 Å². The highest BCUT2D eigenvalue weighted by molar-refractivity contribution is 5.81. The van der Waals surface area contributed by atoms with Gasteiger partial charge in [0.05, 0.1) is 13.2 Å². The van der Waals surface area contributed by atoms with E-state index >= 15 is 0 Å². The molecular formula is C19H22FNO3. The van der Waals surface area contributed by atoms with Crippen LogP contribution in [0.4, 0.5) is 4.39 Å². The molecule has 2 atom stereocenters. The fourth-order valence-corrected chi connectivity index (χ4v) is 2.41. The van der Waals surface area contributed by atoms with Crippen molar-refractivity contribution < 1.29 is 18.7 Å². The Morgan fingerprint density at radius 2 is 1.83 bits per heavy atom. The third-order valence-electron chi connectivity index (χ3n) is 3.72. The van der Waals surface area contributed by atoms with Crippen LogP contribution in [0.1, 0.15) is 31.9 Å². The molecule has 0 heterocycles. The van der Waals surface area contributed by atoms with Crippen molar-refractivity contribution in [1.29, 1.82) is 0 Å². The van der Waals surface area contributed by atoms with Crippen molar-refractivity contribution >= 4 is 5.91 Å². The molecule has 2 aromatic carbocycles. The van der Waals surface area contributed by atoms with Crippen LogP contribution in [0.15, 0.2) is 48.5 Å². The standard InChI is InChI=1S/C19H22FNO3/c1-4-17(24-15-11-9-14(20)10-12-15)19(22)21-13(2)16-7-5-6-8-18(16)23-3/h5-13,17H,4H2,1-3H3,(H,21,22)/t13-,17+/m1/s1. The molecule has 1 N–H and O–H groups in total. The fourth-order valence-electron chi connectivity index (χ4n) is 2.41. The minimum absolute atomic E-state index is 0.222. The molecule has 1 amide bonds. The quantitative estimate of drug-likeness (QED) is 0.838. The second-order valence-electron chi connectivity index (χ2n) is 5.44. The highest BCUT2D eigenvalue weighted by atomic mass is 19.1. The van der Waals surface area contributed by atoms with Gasteiger partial charge in [-0.05, 0) is 43.7 Å².